The summed E-state index contributed by atoms with van der Waals surface area (Å²) in [6.45, 7) is 9.57. The first kappa shape index (κ1) is 23.0. The number of benzene rings is 2. The molecule has 1 heterocycles. The molecule has 2 aromatic rings. The van der Waals surface area contributed by atoms with Gasteiger partial charge in [-0.25, -0.2) is 0 Å². The van der Waals surface area contributed by atoms with Crippen molar-refractivity contribution in [3.8, 4) is 17.2 Å². The number of rotatable bonds is 8. The smallest absolute Gasteiger partial charge is 0.223 e. The van der Waals surface area contributed by atoms with Crippen molar-refractivity contribution in [1.29, 1.82) is 0 Å². The summed E-state index contributed by atoms with van der Waals surface area (Å²) in [4.78, 5) is 15.0. The van der Waals surface area contributed by atoms with Crippen molar-refractivity contribution < 1.29 is 19.0 Å². The van der Waals surface area contributed by atoms with Gasteiger partial charge in [-0.05, 0) is 59.2 Å². The Morgan fingerprint density at radius 3 is 2.26 bits per heavy atom. The molecular formula is C26H35NO4. The molecule has 0 aromatic heterocycles. The van der Waals surface area contributed by atoms with Crippen molar-refractivity contribution >= 4 is 5.91 Å². The van der Waals surface area contributed by atoms with Gasteiger partial charge in [0.15, 0.2) is 11.5 Å². The van der Waals surface area contributed by atoms with E-state index in [0.29, 0.717) is 42.9 Å². The third-order valence-corrected chi connectivity index (χ3v) is 5.86. The minimum Gasteiger partial charge on any atom is -0.493 e. The highest BCUT2D eigenvalue weighted by Gasteiger charge is 2.33. The zero-order valence-corrected chi connectivity index (χ0v) is 19.6. The molecule has 2 aromatic carbocycles. The van der Waals surface area contributed by atoms with E-state index >= 15 is 0 Å². The van der Waals surface area contributed by atoms with Crippen LogP contribution in [-0.4, -0.2) is 38.2 Å². The number of carbonyl (C=O) groups is 1. The van der Waals surface area contributed by atoms with Gasteiger partial charge < -0.3 is 19.1 Å². The molecule has 1 aliphatic heterocycles. The van der Waals surface area contributed by atoms with Crippen molar-refractivity contribution in [3.63, 3.8) is 0 Å². The molecular weight excluding hydrogens is 390 g/mol. The molecule has 0 spiro atoms. The van der Waals surface area contributed by atoms with E-state index in [4.69, 9.17) is 14.2 Å². The molecule has 0 radical (unpaired) electrons. The minimum atomic E-state index is -0.167. The summed E-state index contributed by atoms with van der Waals surface area (Å²) in [6.07, 6.45) is 1.32. The first-order valence-corrected chi connectivity index (χ1v) is 11.1. The molecule has 0 aliphatic carbocycles. The Balaban J connectivity index is 1.90. The molecule has 0 saturated heterocycles. The molecule has 0 saturated carbocycles. The fourth-order valence-corrected chi connectivity index (χ4v) is 4.10. The van der Waals surface area contributed by atoms with Crippen LogP contribution in [0.1, 0.15) is 62.8 Å². The lowest BCUT2D eigenvalue weighted by molar-refractivity contribution is -0.135. The minimum absolute atomic E-state index is 0.166. The van der Waals surface area contributed by atoms with Gasteiger partial charge in [-0.15, -0.1) is 0 Å². The highest BCUT2D eigenvalue weighted by atomic mass is 16.5. The summed E-state index contributed by atoms with van der Waals surface area (Å²) < 4.78 is 17.2. The molecule has 0 unspecified atom stereocenters. The van der Waals surface area contributed by atoms with Gasteiger partial charge in [0.1, 0.15) is 12.4 Å². The predicted molar refractivity (Wildman–Crippen MR) is 123 cm³/mol. The first-order chi connectivity index (χ1) is 14.8. The number of carbonyl (C=O) groups excluding carboxylic acids is 1. The lowest BCUT2D eigenvalue weighted by Crippen LogP contribution is -2.43. The maximum Gasteiger partial charge on any atom is 0.223 e. The van der Waals surface area contributed by atoms with Gasteiger partial charge in [0.25, 0.3) is 0 Å². The quantitative estimate of drug-likeness (QED) is 0.570. The van der Waals surface area contributed by atoms with Gasteiger partial charge in [0, 0.05) is 13.0 Å². The topological polar surface area (TPSA) is 48.0 Å². The predicted octanol–water partition coefficient (Wildman–Crippen LogP) is 5.38. The van der Waals surface area contributed by atoms with Gasteiger partial charge in [-0.2, -0.15) is 0 Å². The van der Waals surface area contributed by atoms with Crippen LogP contribution in [0.4, 0.5) is 0 Å². The van der Waals surface area contributed by atoms with Crippen LogP contribution in [0.2, 0.25) is 0 Å². The number of methoxy groups -OCH3 is 2. The third-order valence-electron chi connectivity index (χ3n) is 5.86. The van der Waals surface area contributed by atoms with Crippen molar-refractivity contribution in [2.24, 2.45) is 5.92 Å². The Morgan fingerprint density at radius 2 is 1.68 bits per heavy atom. The highest BCUT2D eigenvalue weighted by Crippen LogP contribution is 2.39. The van der Waals surface area contributed by atoms with Crippen molar-refractivity contribution in [2.45, 2.75) is 52.5 Å². The number of amides is 1. The number of hydrogen-bond acceptors (Lipinski definition) is 4. The van der Waals surface area contributed by atoms with Crippen LogP contribution < -0.4 is 14.2 Å². The van der Waals surface area contributed by atoms with E-state index in [1.165, 1.54) is 11.1 Å². The summed E-state index contributed by atoms with van der Waals surface area (Å²) in [6, 6.07) is 12.1. The van der Waals surface area contributed by atoms with Crippen LogP contribution in [0.15, 0.2) is 36.4 Å². The van der Waals surface area contributed by atoms with Gasteiger partial charge in [0.2, 0.25) is 5.91 Å². The maximum absolute atomic E-state index is 13.1. The Bertz CT molecular complexity index is 889. The summed E-state index contributed by atoms with van der Waals surface area (Å²) in [5.74, 6) is 3.15. The van der Waals surface area contributed by atoms with E-state index in [0.717, 1.165) is 17.7 Å². The zero-order chi connectivity index (χ0) is 22.5. The van der Waals surface area contributed by atoms with Crippen LogP contribution >= 0.6 is 0 Å². The molecule has 3 rings (SSSR count). The number of fused-ring (bicyclic) bond motifs is 1. The van der Waals surface area contributed by atoms with E-state index in [9.17, 15) is 4.79 Å². The largest absolute Gasteiger partial charge is 0.493 e. The number of ether oxygens (including phenoxy) is 3. The lowest BCUT2D eigenvalue weighted by atomic mass is 9.91. The normalized spacial score (nSPS) is 15.7. The summed E-state index contributed by atoms with van der Waals surface area (Å²) >= 11 is 0. The van der Waals surface area contributed by atoms with Gasteiger partial charge in [-0.1, -0.05) is 39.8 Å². The third kappa shape index (κ3) is 5.33. The summed E-state index contributed by atoms with van der Waals surface area (Å²) in [5, 5.41) is 0. The van der Waals surface area contributed by atoms with Gasteiger partial charge in [-0.3, -0.25) is 4.79 Å². The fraction of sp³-hybridized carbons (Fsp3) is 0.500. The Hall–Kier alpha value is -2.69. The second kappa shape index (κ2) is 10.1. The van der Waals surface area contributed by atoms with Crippen molar-refractivity contribution in [2.75, 3.05) is 27.4 Å². The molecule has 1 aliphatic rings. The molecule has 1 atom stereocenters. The van der Waals surface area contributed by atoms with E-state index in [2.05, 4.69) is 39.8 Å². The fourth-order valence-electron chi connectivity index (χ4n) is 4.10. The molecule has 168 valence electrons. The van der Waals surface area contributed by atoms with Gasteiger partial charge >= 0.3 is 0 Å². The van der Waals surface area contributed by atoms with Crippen LogP contribution in [0, 0.1) is 5.92 Å². The van der Waals surface area contributed by atoms with Crippen molar-refractivity contribution in [3.05, 3.63) is 53.1 Å². The number of nitrogens with zero attached hydrogens (tertiary/aromatic N) is 1. The monoisotopic (exact) mass is 425 g/mol. The highest BCUT2D eigenvalue weighted by molar-refractivity contribution is 5.77. The average molecular weight is 426 g/mol. The Morgan fingerprint density at radius 1 is 1.03 bits per heavy atom. The first-order valence-electron chi connectivity index (χ1n) is 11.1. The Kier molecular flexibility index (Phi) is 7.47. The number of hydrogen-bond donors (Lipinski definition) is 0. The molecule has 0 fully saturated rings. The van der Waals surface area contributed by atoms with Crippen LogP contribution in [0.3, 0.4) is 0 Å². The maximum atomic E-state index is 13.1. The van der Waals surface area contributed by atoms with E-state index in [1.54, 1.807) is 14.2 Å². The average Bonchev–Trinajstić information content (AvgIpc) is 2.75. The zero-order valence-electron chi connectivity index (χ0n) is 19.6. The molecule has 0 bridgehead atoms. The van der Waals surface area contributed by atoms with E-state index < -0.39 is 0 Å². The summed E-state index contributed by atoms with van der Waals surface area (Å²) in [5.41, 5.74) is 3.52. The Labute approximate surface area is 186 Å². The molecule has 1 amide bonds. The SMILES string of the molecule is COc1cc2c(cc1OC)[C@@H](COc1ccc(C(C)C)cc1)N(C(=O)CC(C)C)CC2. The lowest BCUT2D eigenvalue weighted by Gasteiger charge is -2.38. The molecule has 5 heteroatoms. The summed E-state index contributed by atoms with van der Waals surface area (Å²) in [7, 11) is 3.28. The second-order valence-electron chi connectivity index (χ2n) is 8.89. The second-order valence-corrected chi connectivity index (χ2v) is 8.89. The van der Waals surface area contributed by atoms with Crippen molar-refractivity contribution in [1.82, 2.24) is 4.90 Å². The standard InChI is InChI=1S/C26H35NO4/c1-17(2)13-26(28)27-12-11-20-14-24(29-5)25(30-6)15-22(20)23(27)16-31-21-9-7-19(8-10-21)18(3)4/h7-10,14-15,17-18,23H,11-13,16H2,1-6H3/t23-/m1/s1. The van der Waals surface area contributed by atoms with Crippen LogP contribution in [0.25, 0.3) is 0 Å². The van der Waals surface area contributed by atoms with Crippen LogP contribution in [0.5, 0.6) is 17.2 Å². The van der Waals surface area contributed by atoms with E-state index in [-0.39, 0.29) is 11.9 Å². The van der Waals surface area contributed by atoms with Gasteiger partial charge in [0.05, 0.1) is 20.3 Å². The molecule has 5 nitrogen and oxygen atoms in total. The molecule has 31 heavy (non-hydrogen) atoms. The van der Waals surface area contributed by atoms with E-state index in [1.807, 2.05) is 29.2 Å². The van der Waals surface area contributed by atoms with Crippen LogP contribution in [-0.2, 0) is 11.2 Å². The molecule has 0 N–H and O–H groups in total.